The maximum atomic E-state index is 12.8. The molecule has 2 N–H and O–H groups in total. The topological polar surface area (TPSA) is 136 Å². The number of benzene rings is 2. The molecule has 1 aromatic heterocycles. The minimum Gasteiger partial charge on any atom is -0.479 e. The summed E-state index contributed by atoms with van der Waals surface area (Å²) in [6.07, 6.45) is 0.752. The van der Waals surface area contributed by atoms with Crippen LogP contribution in [-0.2, 0) is 9.59 Å². The highest BCUT2D eigenvalue weighted by Crippen LogP contribution is 2.28. The van der Waals surface area contributed by atoms with Gasteiger partial charge in [-0.2, -0.15) is 5.10 Å². The quantitative estimate of drug-likeness (QED) is 0.177. The second-order valence-electron chi connectivity index (χ2n) is 8.77. The number of nitrogens with one attached hydrogen (secondary N) is 2. The monoisotopic (exact) mass is 560 g/mol. The first kappa shape index (κ1) is 28.7. The van der Waals surface area contributed by atoms with Crippen LogP contribution in [0.2, 0.25) is 10.0 Å². The molecule has 2 atom stereocenters. The highest BCUT2D eigenvalue weighted by Gasteiger charge is 2.25. The highest BCUT2D eigenvalue weighted by molar-refractivity contribution is 6.35. The van der Waals surface area contributed by atoms with Crippen molar-refractivity contribution in [2.75, 3.05) is 0 Å². The van der Waals surface area contributed by atoms with Crippen molar-refractivity contribution in [3.05, 3.63) is 80.5 Å². The Morgan fingerprint density at radius 2 is 1.79 bits per heavy atom. The SMILES string of the molecule is CC(C)C[C@@H](NC(=O)[C@@H](C)Oc1ccc(Cl)cc1Cl)C(=O)N/N=C\c1ccc(-c2ccc([N+](=O)[O-])cc2)o1. The zero-order valence-electron chi connectivity index (χ0n) is 20.8. The van der Waals surface area contributed by atoms with Gasteiger partial charge in [-0.25, -0.2) is 5.43 Å². The molecule has 12 heteroatoms. The molecule has 10 nitrogen and oxygen atoms in total. The number of hydrogen-bond donors (Lipinski definition) is 2. The van der Waals surface area contributed by atoms with Crippen molar-refractivity contribution in [1.29, 1.82) is 0 Å². The summed E-state index contributed by atoms with van der Waals surface area (Å²) in [5.74, 6) is 0.213. The van der Waals surface area contributed by atoms with Gasteiger partial charge in [0.15, 0.2) is 6.10 Å². The number of rotatable bonds is 11. The molecule has 2 amide bonds. The first-order chi connectivity index (χ1) is 18.0. The van der Waals surface area contributed by atoms with Crippen molar-refractivity contribution < 1.29 is 23.7 Å². The van der Waals surface area contributed by atoms with Crippen LogP contribution in [0.25, 0.3) is 11.3 Å². The fraction of sp³-hybridized carbons (Fsp3) is 0.269. The summed E-state index contributed by atoms with van der Waals surface area (Å²) < 4.78 is 11.3. The first-order valence-electron chi connectivity index (χ1n) is 11.6. The Balaban J connectivity index is 1.60. The van der Waals surface area contributed by atoms with E-state index in [1.54, 1.807) is 43.3 Å². The zero-order chi connectivity index (χ0) is 27.8. The molecule has 200 valence electrons. The van der Waals surface area contributed by atoms with E-state index >= 15 is 0 Å². The molecule has 0 spiro atoms. The Kier molecular flexibility index (Phi) is 9.86. The van der Waals surface area contributed by atoms with E-state index in [-0.39, 0.29) is 16.6 Å². The number of carbonyl (C=O) groups is 2. The average molecular weight is 561 g/mol. The van der Waals surface area contributed by atoms with E-state index in [0.717, 1.165) is 0 Å². The van der Waals surface area contributed by atoms with Gasteiger partial charge in [0.1, 0.15) is 23.3 Å². The number of nitro benzene ring substituents is 1. The molecule has 0 fully saturated rings. The molecule has 3 aromatic rings. The maximum absolute atomic E-state index is 12.8. The van der Waals surface area contributed by atoms with Gasteiger partial charge < -0.3 is 14.5 Å². The third kappa shape index (κ3) is 8.06. The Morgan fingerprint density at radius 3 is 2.42 bits per heavy atom. The summed E-state index contributed by atoms with van der Waals surface area (Å²) in [6, 6.07) is 13.0. The van der Waals surface area contributed by atoms with Crippen molar-refractivity contribution in [3.63, 3.8) is 0 Å². The number of halogens is 2. The maximum Gasteiger partial charge on any atom is 0.269 e. The first-order valence-corrected chi connectivity index (χ1v) is 12.4. The third-order valence-corrected chi connectivity index (χ3v) is 5.79. The van der Waals surface area contributed by atoms with E-state index in [4.69, 9.17) is 32.4 Å². The molecule has 0 bridgehead atoms. The lowest BCUT2D eigenvalue weighted by Crippen LogP contribution is -2.49. The predicted octanol–water partition coefficient (Wildman–Crippen LogP) is 5.61. The molecule has 1 heterocycles. The summed E-state index contributed by atoms with van der Waals surface area (Å²) in [5, 5.41) is 18.1. The molecule has 0 saturated heterocycles. The van der Waals surface area contributed by atoms with Crippen LogP contribution in [0.1, 0.15) is 33.0 Å². The van der Waals surface area contributed by atoms with Crippen LogP contribution in [0.3, 0.4) is 0 Å². The standard InChI is InChI=1S/C26H26Cl2N4O6/c1-15(2)12-22(30-25(33)16(3)37-24-10-6-18(27)13-21(24)28)26(34)31-29-14-20-9-11-23(38-20)17-4-7-19(8-5-17)32(35)36/h4-11,13-16,22H,12H2,1-3H3,(H,30,33)(H,31,34)/b29-14-/t16-,22-/m1/s1. The number of non-ortho nitro benzene ring substituents is 1. The van der Waals surface area contributed by atoms with Gasteiger partial charge in [-0.15, -0.1) is 0 Å². The summed E-state index contributed by atoms with van der Waals surface area (Å²) in [7, 11) is 0. The second kappa shape index (κ2) is 13.1. The van der Waals surface area contributed by atoms with Gasteiger partial charge in [0, 0.05) is 22.7 Å². The number of hydrogen-bond acceptors (Lipinski definition) is 7. The van der Waals surface area contributed by atoms with Gasteiger partial charge >= 0.3 is 0 Å². The van der Waals surface area contributed by atoms with E-state index in [0.29, 0.717) is 34.3 Å². The summed E-state index contributed by atoms with van der Waals surface area (Å²) >= 11 is 12.0. The molecule has 0 aliphatic heterocycles. The number of furan rings is 1. The molecule has 38 heavy (non-hydrogen) atoms. The Hall–Kier alpha value is -3.89. The van der Waals surface area contributed by atoms with E-state index in [9.17, 15) is 19.7 Å². The Morgan fingerprint density at radius 1 is 1.08 bits per heavy atom. The largest absolute Gasteiger partial charge is 0.479 e. The fourth-order valence-corrected chi connectivity index (χ4v) is 3.82. The number of ether oxygens (including phenoxy) is 1. The van der Waals surface area contributed by atoms with Crippen molar-refractivity contribution in [1.82, 2.24) is 10.7 Å². The lowest BCUT2D eigenvalue weighted by atomic mass is 10.0. The minimum atomic E-state index is -0.930. The lowest BCUT2D eigenvalue weighted by Gasteiger charge is -2.22. The van der Waals surface area contributed by atoms with Gasteiger partial charge in [-0.1, -0.05) is 37.0 Å². The van der Waals surface area contributed by atoms with Crippen molar-refractivity contribution in [2.24, 2.45) is 11.0 Å². The van der Waals surface area contributed by atoms with Crippen molar-refractivity contribution >= 4 is 46.9 Å². The molecule has 0 saturated carbocycles. The second-order valence-corrected chi connectivity index (χ2v) is 9.61. The average Bonchev–Trinajstić information content (AvgIpc) is 3.33. The van der Waals surface area contributed by atoms with E-state index in [1.807, 2.05) is 13.8 Å². The van der Waals surface area contributed by atoms with Gasteiger partial charge in [-0.05, 0) is 61.7 Å². The van der Waals surface area contributed by atoms with Crippen LogP contribution in [0.15, 0.2) is 64.1 Å². The van der Waals surface area contributed by atoms with E-state index in [2.05, 4.69) is 15.8 Å². The van der Waals surface area contributed by atoms with Crippen LogP contribution in [0.4, 0.5) is 5.69 Å². The summed E-state index contributed by atoms with van der Waals surface area (Å²) in [6.45, 7) is 5.39. The highest BCUT2D eigenvalue weighted by atomic mass is 35.5. The number of hydrazone groups is 1. The van der Waals surface area contributed by atoms with Crippen LogP contribution in [-0.4, -0.2) is 35.1 Å². The van der Waals surface area contributed by atoms with Gasteiger partial charge in [-0.3, -0.25) is 19.7 Å². The van der Waals surface area contributed by atoms with E-state index < -0.39 is 28.9 Å². The van der Waals surface area contributed by atoms with Crippen molar-refractivity contribution in [2.45, 2.75) is 39.3 Å². The van der Waals surface area contributed by atoms with Crippen LogP contribution in [0, 0.1) is 16.0 Å². The molecular formula is C26H26Cl2N4O6. The third-order valence-electron chi connectivity index (χ3n) is 5.26. The minimum absolute atomic E-state index is 0.0254. The summed E-state index contributed by atoms with van der Waals surface area (Å²) in [4.78, 5) is 35.9. The van der Waals surface area contributed by atoms with E-state index in [1.165, 1.54) is 24.4 Å². The number of amides is 2. The van der Waals surface area contributed by atoms with Crippen LogP contribution >= 0.6 is 23.2 Å². The van der Waals surface area contributed by atoms with Gasteiger partial charge in [0.25, 0.3) is 17.5 Å². The number of nitrogens with zero attached hydrogens (tertiary/aromatic N) is 2. The number of carbonyl (C=O) groups excluding carboxylic acids is 2. The predicted molar refractivity (Wildman–Crippen MR) is 144 cm³/mol. The molecule has 0 aliphatic rings. The van der Waals surface area contributed by atoms with Gasteiger partial charge in [0.05, 0.1) is 16.2 Å². The molecular weight excluding hydrogens is 535 g/mol. The smallest absolute Gasteiger partial charge is 0.269 e. The van der Waals surface area contributed by atoms with Crippen LogP contribution < -0.4 is 15.5 Å². The Bertz CT molecular complexity index is 1320. The summed E-state index contributed by atoms with van der Waals surface area (Å²) in [5.41, 5.74) is 3.04. The zero-order valence-corrected chi connectivity index (χ0v) is 22.3. The molecule has 2 aromatic carbocycles. The Labute approximate surface area is 229 Å². The lowest BCUT2D eigenvalue weighted by molar-refractivity contribution is -0.384. The molecule has 0 radical (unpaired) electrons. The molecule has 0 aliphatic carbocycles. The number of nitro groups is 1. The fourth-order valence-electron chi connectivity index (χ4n) is 3.37. The molecule has 0 unspecified atom stereocenters. The normalized spacial score (nSPS) is 12.8. The molecule has 3 rings (SSSR count). The van der Waals surface area contributed by atoms with Gasteiger partial charge in [0.2, 0.25) is 0 Å². The van der Waals surface area contributed by atoms with Crippen LogP contribution in [0.5, 0.6) is 5.75 Å². The van der Waals surface area contributed by atoms with Crippen molar-refractivity contribution in [3.8, 4) is 17.1 Å².